The maximum absolute atomic E-state index is 13.0. The summed E-state index contributed by atoms with van der Waals surface area (Å²) in [5.74, 6) is -2.26. The van der Waals surface area contributed by atoms with Crippen LogP contribution in [0.2, 0.25) is 0 Å². The van der Waals surface area contributed by atoms with Crippen molar-refractivity contribution in [1.29, 1.82) is 0 Å². The summed E-state index contributed by atoms with van der Waals surface area (Å²) in [5, 5.41) is 11.8. The van der Waals surface area contributed by atoms with Gasteiger partial charge in [-0.1, -0.05) is 325 Å². The van der Waals surface area contributed by atoms with Crippen molar-refractivity contribution in [3.63, 3.8) is 0 Å². The van der Waals surface area contributed by atoms with E-state index in [0.29, 0.717) is 23.9 Å². The zero-order valence-corrected chi connectivity index (χ0v) is 58.2. The summed E-state index contributed by atoms with van der Waals surface area (Å²) in [7, 11) is 5.94. The molecule has 0 amide bonds. The second-order valence-corrected chi connectivity index (χ2v) is 26.6. The molecular weight excluding hydrogens is 1080 g/mol. The number of hydrogen-bond donors (Lipinski definition) is 0. The first kappa shape index (κ1) is 84.0. The van der Waals surface area contributed by atoms with Gasteiger partial charge in [0.05, 0.1) is 40.3 Å². The van der Waals surface area contributed by atoms with Crippen LogP contribution in [0.5, 0.6) is 0 Å². The van der Waals surface area contributed by atoms with Crippen LogP contribution >= 0.6 is 0 Å². The minimum Gasteiger partial charge on any atom is -0.545 e. The van der Waals surface area contributed by atoms with Crippen molar-refractivity contribution in [3.8, 4) is 0 Å². The summed E-state index contributed by atoms with van der Waals surface area (Å²) >= 11 is 0. The number of allylic oxidation sites excluding steroid dienone is 10. The molecule has 9 heteroatoms. The van der Waals surface area contributed by atoms with Gasteiger partial charge < -0.3 is 33.3 Å². The van der Waals surface area contributed by atoms with Crippen molar-refractivity contribution in [1.82, 2.24) is 0 Å². The van der Waals surface area contributed by atoms with Crippen molar-refractivity contribution in [3.05, 3.63) is 60.8 Å². The third kappa shape index (κ3) is 70.3. The number of likely N-dealkylation sites (N-methyl/N-ethyl adjacent to an activating group) is 1. The zero-order valence-electron chi connectivity index (χ0n) is 58.2. The lowest BCUT2D eigenvalue weighted by molar-refractivity contribution is -0.870. The summed E-state index contributed by atoms with van der Waals surface area (Å²) in [6.07, 6.45) is 87.5. The third-order valence-electron chi connectivity index (χ3n) is 16.7. The molecule has 2 atom stereocenters. The van der Waals surface area contributed by atoms with Crippen LogP contribution in [0.15, 0.2) is 60.8 Å². The number of carbonyl (C=O) groups excluding carboxylic acids is 3. The van der Waals surface area contributed by atoms with Gasteiger partial charge in [0.15, 0.2) is 12.4 Å². The second kappa shape index (κ2) is 68.9. The Labute approximate surface area is 539 Å². The van der Waals surface area contributed by atoms with Crippen LogP contribution in [-0.4, -0.2) is 82.3 Å². The van der Waals surface area contributed by atoms with Crippen LogP contribution in [0.3, 0.4) is 0 Å². The van der Waals surface area contributed by atoms with Gasteiger partial charge in [0.2, 0.25) is 0 Å². The number of hydrogen-bond acceptors (Lipinski definition) is 8. The highest BCUT2D eigenvalue weighted by molar-refractivity contribution is 5.70. The number of carboxylic acids is 1. The number of nitrogens with zero attached hydrogens (tertiary/aromatic N) is 1. The highest BCUT2D eigenvalue weighted by Gasteiger charge is 2.22. The molecule has 508 valence electrons. The van der Waals surface area contributed by atoms with Gasteiger partial charge in [0, 0.05) is 12.8 Å². The first-order valence-electron chi connectivity index (χ1n) is 37.4. The monoisotopic (exact) mass is 1220 g/mol. The summed E-state index contributed by atoms with van der Waals surface area (Å²) in [5.41, 5.74) is 0. The molecule has 0 radical (unpaired) electrons. The maximum atomic E-state index is 13.0. The molecule has 0 bridgehead atoms. The largest absolute Gasteiger partial charge is 0.545 e. The highest BCUT2D eigenvalue weighted by atomic mass is 16.7. The topological polar surface area (TPSA) is 111 Å². The summed E-state index contributed by atoms with van der Waals surface area (Å²) < 4.78 is 22.9. The van der Waals surface area contributed by atoms with E-state index in [2.05, 4.69) is 74.6 Å². The molecule has 0 saturated heterocycles. The predicted molar refractivity (Wildman–Crippen MR) is 371 cm³/mol. The number of ether oxygens (including phenoxy) is 4. The Morgan fingerprint density at radius 2 is 0.621 bits per heavy atom. The van der Waals surface area contributed by atoms with Crippen LogP contribution in [0, 0.1) is 0 Å². The lowest BCUT2D eigenvalue weighted by Gasteiger charge is -2.26. The van der Waals surface area contributed by atoms with Gasteiger partial charge in [-0.2, -0.15) is 0 Å². The van der Waals surface area contributed by atoms with Crippen LogP contribution in [0.1, 0.15) is 361 Å². The normalized spacial score (nSPS) is 13.0. The molecule has 0 aliphatic carbocycles. The fourth-order valence-electron chi connectivity index (χ4n) is 11.0. The van der Waals surface area contributed by atoms with Crippen molar-refractivity contribution in [2.45, 2.75) is 373 Å². The standard InChI is InChI=1S/C78H143NO8/c1-6-8-10-12-14-16-18-20-22-24-26-28-30-32-34-36-37-38-39-41-43-45-47-49-51-53-55-57-59-61-63-65-67-69-76(81)87-74(73-86-78(77(82)83)84-71-70-79(3,4)5)72-85-75(80)68-66-64-62-60-58-56-54-52-50-48-46-44-42-40-35-33-31-29-27-25-23-21-19-17-15-13-11-9-7-2/h18-21,24-27,30,32,74,78H,6-17,22-23,28-29,31,33-73H2,1-5H3/b20-18-,21-19-,26-24-,27-25-,32-30-. The average Bonchev–Trinajstić information content (AvgIpc) is 3.59. The fourth-order valence-corrected chi connectivity index (χ4v) is 11.0. The lowest BCUT2D eigenvalue weighted by atomic mass is 10.0. The zero-order chi connectivity index (χ0) is 63.3. The molecule has 0 heterocycles. The van der Waals surface area contributed by atoms with E-state index in [1.807, 2.05) is 21.1 Å². The molecule has 0 saturated carbocycles. The smallest absolute Gasteiger partial charge is 0.306 e. The van der Waals surface area contributed by atoms with E-state index in [4.69, 9.17) is 18.9 Å². The molecular formula is C78H143NO8. The molecule has 87 heavy (non-hydrogen) atoms. The Balaban J connectivity index is 4.04. The van der Waals surface area contributed by atoms with E-state index >= 15 is 0 Å². The molecule has 0 fully saturated rings. The van der Waals surface area contributed by atoms with Gasteiger partial charge in [0.1, 0.15) is 13.2 Å². The Hall–Kier alpha value is -3.01. The molecule has 0 aromatic rings. The minimum atomic E-state index is -1.62. The highest BCUT2D eigenvalue weighted by Crippen LogP contribution is 2.19. The Morgan fingerprint density at radius 1 is 0.345 bits per heavy atom. The van der Waals surface area contributed by atoms with Gasteiger partial charge in [-0.3, -0.25) is 9.59 Å². The van der Waals surface area contributed by atoms with Crippen molar-refractivity contribution in [2.24, 2.45) is 0 Å². The third-order valence-corrected chi connectivity index (χ3v) is 16.7. The molecule has 9 nitrogen and oxygen atoms in total. The summed E-state index contributed by atoms with van der Waals surface area (Å²) in [6, 6.07) is 0. The van der Waals surface area contributed by atoms with Crippen LogP contribution in [0.4, 0.5) is 0 Å². The van der Waals surface area contributed by atoms with E-state index in [1.165, 1.54) is 276 Å². The van der Waals surface area contributed by atoms with Crippen LogP contribution < -0.4 is 5.11 Å². The Morgan fingerprint density at radius 3 is 0.920 bits per heavy atom. The molecule has 0 aliphatic heterocycles. The fraction of sp³-hybridized carbons (Fsp3) is 0.833. The van der Waals surface area contributed by atoms with Crippen molar-refractivity contribution < 1.29 is 42.9 Å². The van der Waals surface area contributed by atoms with E-state index in [9.17, 15) is 19.5 Å². The summed E-state index contributed by atoms with van der Waals surface area (Å²) in [6.45, 7) is 4.78. The molecule has 0 aromatic heterocycles. The molecule has 2 unspecified atom stereocenters. The van der Waals surface area contributed by atoms with Gasteiger partial charge in [-0.05, 0) is 83.5 Å². The van der Waals surface area contributed by atoms with Gasteiger partial charge in [-0.15, -0.1) is 0 Å². The number of unbranched alkanes of at least 4 members (excludes halogenated alkanes) is 45. The Bertz CT molecular complexity index is 1610. The number of rotatable bonds is 70. The van der Waals surface area contributed by atoms with Gasteiger partial charge >= 0.3 is 11.9 Å². The van der Waals surface area contributed by atoms with Gasteiger partial charge in [-0.25, -0.2) is 0 Å². The lowest BCUT2D eigenvalue weighted by Crippen LogP contribution is -2.44. The van der Waals surface area contributed by atoms with Crippen molar-refractivity contribution >= 4 is 17.9 Å². The predicted octanol–water partition coefficient (Wildman–Crippen LogP) is 22.1. The average molecular weight is 1220 g/mol. The SMILES string of the molecule is CCCCCCC/C=C\C/C=C\C/C=C\CCCCCCCCCCCCCCCCCCCCC(=O)OC(COC(=O)CCCCCCCCCCCCCCCCCCC/C=C\C/C=C\CCCCCCC)COC(OCC[N+](C)(C)C)C(=O)[O-]. The minimum absolute atomic E-state index is 0.149. The number of esters is 2. The first-order chi connectivity index (χ1) is 42.6. The number of carbonyl (C=O) groups is 3. The van der Waals surface area contributed by atoms with Gasteiger partial charge in [0.25, 0.3) is 0 Å². The molecule has 0 aromatic carbocycles. The molecule has 0 spiro atoms. The first-order valence-corrected chi connectivity index (χ1v) is 37.4. The number of carboxylic acid groups (broad SMARTS) is 1. The van der Waals surface area contributed by atoms with E-state index < -0.39 is 24.3 Å². The van der Waals surface area contributed by atoms with E-state index in [0.717, 1.165) is 51.4 Å². The second-order valence-electron chi connectivity index (χ2n) is 26.6. The Kier molecular flexibility index (Phi) is 66.5. The number of aliphatic carboxylic acids is 1. The quantitative estimate of drug-likeness (QED) is 0.0195. The van der Waals surface area contributed by atoms with E-state index in [-0.39, 0.29) is 32.2 Å². The maximum Gasteiger partial charge on any atom is 0.306 e. The molecule has 0 N–H and O–H groups in total. The summed E-state index contributed by atoms with van der Waals surface area (Å²) in [4.78, 5) is 37.5. The van der Waals surface area contributed by atoms with Crippen molar-refractivity contribution in [2.75, 3.05) is 47.5 Å². The number of quaternary nitrogens is 1. The molecule has 0 aliphatic rings. The van der Waals surface area contributed by atoms with E-state index in [1.54, 1.807) is 0 Å². The van der Waals surface area contributed by atoms with Crippen LogP contribution in [-0.2, 0) is 33.3 Å². The van der Waals surface area contributed by atoms with Crippen LogP contribution in [0.25, 0.3) is 0 Å². The molecule has 0 rings (SSSR count).